The molecule has 0 aliphatic heterocycles. The summed E-state index contributed by atoms with van der Waals surface area (Å²) >= 11 is 0. The van der Waals surface area contributed by atoms with Gasteiger partial charge in [-0.15, -0.1) is 0 Å². The number of esters is 1. The first kappa shape index (κ1) is 24.6. The molecule has 4 saturated carbocycles. The summed E-state index contributed by atoms with van der Waals surface area (Å²) in [5.41, 5.74) is 1.57. The van der Waals surface area contributed by atoms with E-state index < -0.39 is 0 Å². The lowest BCUT2D eigenvalue weighted by atomic mass is 9.47. The Bertz CT molecular complexity index is 805. The van der Waals surface area contributed by atoms with Gasteiger partial charge in [-0.25, -0.2) is 0 Å². The van der Waals surface area contributed by atoms with Gasteiger partial charge in [0.2, 0.25) is 0 Å². The van der Waals surface area contributed by atoms with Crippen LogP contribution in [0.4, 0.5) is 0 Å². The van der Waals surface area contributed by atoms with Gasteiger partial charge in [0.1, 0.15) is 6.10 Å². The lowest BCUT2D eigenvalue weighted by molar-refractivity contribution is -0.168. The van der Waals surface area contributed by atoms with Crippen molar-refractivity contribution in [1.29, 1.82) is 0 Å². The molecule has 0 N–H and O–H groups in total. The maximum Gasteiger partial charge on any atom is 0.309 e. The number of carbonyl (C=O) groups excluding carboxylic acids is 2. The molecule has 0 aromatic carbocycles. The summed E-state index contributed by atoms with van der Waals surface area (Å²) in [5, 5.41) is 0. The molecule has 5 aliphatic rings. The fourth-order valence-corrected chi connectivity index (χ4v) is 9.70. The summed E-state index contributed by atoms with van der Waals surface area (Å²) < 4.78 is 6.43. The van der Waals surface area contributed by atoms with Crippen molar-refractivity contribution in [3.63, 3.8) is 0 Å². The van der Waals surface area contributed by atoms with Crippen molar-refractivity contribution in [3.05, 3.63) is 11.6 Å². The van der Waals surface area contributed by atoms with Crippen LogP contribution < -0.4 is 0 Å². The predicted molar refractivity (Wildman–Crippen MR) is 136 cm³/mol. The Morgan fingerprint density at radius 2 is 1.79 bits per heavy atom. The quantitative estimate of drug-likeness (QED) is 0.392. The van der Waals surface area contributed by atoms with Gasteiger partial charge in [-0.1, -0.05) is 52.5 Å². The maximum atomic E-state index is 13.3. The number of hydrogen-bond acceptors (Lipinski definition) is 3. The Morgan fingerprint density at radius 3 is 2.53 bits per heavy atom. The molecule has 3 heteroatoms. The fraction of sp³-hybridized carbons (Fsp3) is 0.871. The first-order chi connectivity index (χ1) is 16.3. The first-order valence-electron chi connectivity index (χ1n) is 14.8. The molecule has 5 aliphatic carbocycles. The van der Waals surface area contributed by atoms with Crippen LogP contribution >= 0.6 is 0 Å². The Kier molecular flexibility index (Phi) is 7.04. The lowest BCUT2D eigenvalue weighted by Crippen LogP contribution is -2.54. The zero-order chi connectivity index (χ0) is 24.0. The molecule has 0 amide bonds. The van der Waals surface area contributed by atoms with Gasteiger partial charge < -0.3 is 4.74 Å². The second kappa shape index (κ2) is 9.74. The highest BCUT2D eigenvalue weighted by Gasteiger charge is 2.61. The number of ketones is 1. The minimum Gasteiger partial charge on any atom is -0.462 e. The van der Waals surface area contributed by atoms with Crippen molar-refractivity contribution < 1.29 is 14.3 Å². The van der Waals surface area contributed by atoms with Gasteiger partial charge >= 0.3 is 5.97 Å². The molecule has 0 bridgehead atoms. The normalized spacial score (nSPS) is 46.2. The zero-order valence-electron chi connectivity index (χ0n) is 22.2. The monoisotopic (exact) mass is 468 g/mol. The molecule has 5 rings (SSSR count). The van der Waals surface area contributed by atoms with Gasteiger partial charge in [-0.3, -0.25) is 9.59 Å². The highest BCUT2D eigenvalue weighted by Crippen LogP contribution is 2.65. The van der Waals surface area contributed by atoms with E-state index in [0.717, 1.165) is 44.4 Å². The Labute approximate surface area is 207 Å². The molecule has 0 radical (unpaired) electrons. The number of carbonyl (C=O) groups is 2. The van der Waals surface area contributed by atoms with Crippen LogP contribution in [-0.4, -0.2) is 17.9 Å². The van der Waals surface area contributed by atoms with E-state index in [4.69, 9.17) is 4.74 Å². The van der Waals surface area contributed by atoms with E-state index in [1.165, 1.54) is 50.5 Å². The molecular formula is C31H48O3. The van der Waals surface area contributed by atoms with Crippen LogP contribution in [0, 0.1) is 52.8 Å². The molecule has 34 heavy (non-hydrogen) atoms. The van der Waals surface area contributed by atoms with E-state index in [-0.39, 0.29) is 23.4 Å². The number of rotatable bonds is 5. The van der Waals surface area contributed by atoms with Gasteiger partial charge in [0.15, 0.2) is 5.78 Å². The van der Waals surface area contributed by atoms with Gasteiger partial charge in [0.25, 0.3) is 0 Å². The molecular weight excluding hydrogens is 420 g/mol. The predicted octanol–water partition coefficient (Wildman–Crippen LogP) is 7.53. The average Bonchev–Trinajstić information content (AvgIpc) is 3.12. The number of fused-ring (bicyclic) bond motifs is 5. The largest absolute Gasteiger partial charge is 0.462 e. The Hall–Kier alpha value is -1.12. The molecule has 0 aromatic heterocycles. The van der Waals surface area contributed by atoms with E-state index in [0.29, 0.717) is 41.3 Å². The van der Waals surface area contributed by atoms with E-state index in [1.54, 1.807) is 0 Å². The number of unbranched alkanes of at least 4 members (excludes halogenated alkanes) is 1. The smallest absolute Gasteiger partial charge is 0.309 e. The molecule has 0 heterocycles. The highest BCUT2D eigenvalue weighted by molar-refractivity contribution is 5.91. The molecule has 4 fully saturated rings. The molecule has 0 saturated heterocycles. The van der Waals surface area contributed by atoms with Crippen molar-refractivity contribution in [3.8, 4) is 0 Å². The van der Waals surface area contributed by atoms with E-state index in [2.05, 4.69) is 27.7 Å². The van der Waals surface area contributed by atoms with Gasteiger partial charge in [-0.2, -0.15) is 0 Å². The third kappa shape index (κ3) is 4.32. The second-order valence-electron chi connectivity index (χ2n) is 13.3. The minimum atomic E-state index is 0.100. The summed E-state index contributed by atoms with van der Waals surface area (Å²) in [6.45, 7) is 9.62. The van der Waals surface area contributed by atoms with Crippen LogP contribution in [0.3, 0.4) is 0 Å². The van der Waals surface area contributed by atoms with Crippen molar-refractivity contribution in [2.24, 2.45) is 52.8 Å². The van der Waals surface area contributed by atoms with Gasteiger partial charge in [-0.05, 0) is 105 Å². The number of ether oxygens (including phenoxy) is 1. The summed E-state index contributed by atoms with van der Waals surface area (Å²) in [4.78, 5) is 25.4. The van der Waals surface area contributed by atoms with E-state index in [1.807, 2.05) is 6.08 Å². The van der Waals surface area contributed by atoms with Crippen molar-refractivity contribution in [1.82, 2.24) is 0 Å². The highest BCUT2D eigenvalue weighted by atomic mass is 16.5. The van der Waals surface area contributed by atoms with Crippen molar-refractivity contribution in [2.45, 2.75) is 117 Å². The summed E-state index contributed by atoms with van der Waals surface area (Å²) in [6.07, 6.45) is 16.9. The van der Waals surface area contributed by atoms with Gasteiger partial charge in [0, 0.05) is 11.8 Å². The standard InChI is InChI=1S/C31H48O3/c1-5-6-7-21-8-10-22(11-9-21)30(33)34-27-15-14-26-29-19(2)16-23-17-24(32)12-13-25(23)28(29)20(3)18-31(26,27)4/h17,19-22,25-29H,5-16,18H2,1-4H3/t19-,20+,21?,22?,25+,26+,27+,28-,29+,31+/m1/s1. The van der Waals surface area contributed by atoms with Crippen LogP contribution in [0.25, 0.3) is 0 Å². The third-order valence-electron chi connectivity index (χ3n) is 11.3. The molecule has 3 nitrogen and oxygen atoms in total. The Balaban J connectivity index is 1.26. The SMILES string of the molecule is CCCCC1CCC(C(=O)O[C@H]2CC[C@H]3[C@H]4[C@H]([C@@H](C)C[C@]23C)[C@H]2CCC(=O)C=C2C[C@H]4C)CC1. The third-order valence-corrected chi connectivity index (χ3v) is 11.3. The minimum absolute atomic E-state index is 0.100. The topological polar surface area (TPSA) is 43.4 Å². The van der Waals surface area contributed by atoms with Crippen molar-refractivity contribution >= 4 is 11.8 Å². The van der Waals surface area contributed by atoms with E-state index in [9.17, 15) is 9.59 Å². The van der Waals surface area contributed by atoms with Crippen LogP contribution in [-0.2, 0) is 14.3 Å². The molecule has 8 atom stereocenters. The second-order valence-corrected chi connectivity index (χ2v) is 13.3. The first-order valence-corrected chi connectivity index (χ1v) is 14.8. The van der Waals surface area contributed by atoms with Crippen LogP contribution in [0.5, 0.6) is 0 Å². The average molecular weight is 469 g/mol. The van der Waals surface area contributed by atoms with Crippen LogP contribution in [0.2, 0.25) is 0 Å². The molecule has 0 unspecified atom stereocenters. The summed E-state index contributed by atoms with van der Waals surface area (Å²) in [6, 6.07) is 0. The van der Waals surface area contributed by atoms with Crippen LogP contribution in [0.1, 0.15) is 111 Å². The number of allylic oxidation sites excluding steroid dienone is 1. The zero-order valence-corrected chi connectivity index (χ0v) is 22.2. The van der Waals surface area contributed by atoms with Gasteiger partial charge in [0.05, 0.1) is 5.92 Å². The van der Waals surface area contributed by atoms with E-state index >= 15 is 0 Å². The maximum absolute atomic E-state index is 13.3. The summed E-state index contributed by atoms with van der Waals surface area (Å²) in [7, 11) is 0. The summed E-state index contributed by atoms with van der Waals surface area (Å²) in [5.74, 6) is 5.36. The lowest BCUT2D eigenvalue weighted by Gasteiger charge is -2.58. The Morgan fingerprint density at radius 1 is 1.03 bits per heavy atom. The van der Waals surface area contributed by atoms with Crippen LogP contribution in [0.15, 0.2) is 11.6 Å². The molecule has 0 aromatic rings. The number of hydrogen-bond donors (Lipinski definition) is 0. The fourth-order valence-electron chi connectivity index (χ4n) is 9.70. The van der Waals surface area contributed by atoms with Crippen molar-refractivity contribution in [2.75, 3.05) is 0 Å². The molecule has 0 spiro atoms. The molecule has 190 valence electrons.